The minimum Gasteiger partial charge on any atom is -0.313 e. The van der Waals surface area contributed by atoms with E-state index in [4.69, 9.17) is 10.6 Å². The standard InChI is InChI=1S/C11H25N3O/c1-9(2)7-11(12)15-14-6-4-5-13-10(3)8-14/h9-11,13H,4-8,12H2,1-3H3. The Labute approximate surface area is 93.1 Å². The lowest BCUT2D eigenvalue weighted by atomic mass is 10.1. The first-order valence-corrected chi connectivity index (χ1v) is 5.98. The molecule has 1 fully saturated rings. The van der Waals surface area contributed by atoms with Crippen molar-refractivity contribution in [2.75, 3.05) is 19.6 Å². The Bertz CT molecular complexity index is 175. The average Bonchev–Trinajstić information content (AvgIpc) is 2.28. The van der Waals surface area contributed by atoms with Crippen molar-refractivity contribution < 1.29 is 4.84 Å². The van der Waals surface area contributed by atoms with Gasteiger partial charge in [-0.3, -0.25) is 4.84 Å². The van der Waals surface area contributed by atoms with Crippen LogP contribution in [0.25, 0.3) is 0 Å². The normalized spacial score (nSPS) is 26.6. The van der Waals surface area contributed by atoms with E-state index in [2.05, 4.69) is 26.1 Å². The van der Waals surface area contributed by atoms with Gasteiger partial charge in [0.25, 0.3) is 0 Å². The van der Waals surface area contributed by atoms with Gasteiger partial charge in [0.2, 0.25) is 0 Å². The molecule has 1 aliphatic heterocycles. The molecule has 1 saturated heterocycles. The summed E-state index contributed by atoms with van der Waals surface area (Å²) in [6.07, 6.45) is 1.88. The first-order valence-electron chi connectivity index (χ1n) is 5.98. The third-order valence-electron chi connectivity index (χ3n) is 2.54. The molecular weight excluding hydrogens is 190 g/mol. The van der Waals surface area contributed by atoms with Crippen molar-refractivity contribution in [3.8, 4) is 0 Å². The Morgan fingerprint density at radius 3 is 2.93 bits per heavy atom. The van der Waals surface area contributed by atoms with E-state index >= 15 is 0 Å². The van der Waals surface area contributed by atoms with Gasteiger partial charge >= 0.3 is 0 Å². The lowest BCUT2D eigenvalue weighted by Crippen LogP contribution is -2.40. The number of nitrogens with two attached hydrogens (primary N) is 1. The van der Waals surface area contributed by atoms with Crippen molar-refractivity contribution >= 4 is 0 Å². The Kier molecular flexibility index (Phi) is 5.53. The van der Waals surface area contributed by atoms with Gasteiger partial charge in [-0.15, -0.1) is 0 Å². The van der Waals surface area contributed by atoms with Crippen LogP contribution in [0.15, 0.2) is 0 Å². The molecule has 0 saturated carbocycles. The number of hydrogen-bond acceptors (Lipinski definition) is 4. The zero-order valence-electron chi connectivity index (χ0n) is 10.2. The molecule has 15 heavy (non-hydrogen) atoms. The third-order valence-corrected chi connectivity index (χ3v) is 2.54. The van der Waals surface area contributed by atoms with Gasteiger partial charge in [-0.05, 0) is 32.2 Å². The molecule has 0 bridgehead atoms. The molecule has 0 spiro atoms. The monoisotopic (exact) mass is 215 g/mol. The van der Waals surface area contributed by atoms with Crippen LogP contribution in [0.2, 0.25) is 0 Å². The lowest BCUT2D eigenvalue weighted by Gasteiger charge is -2.26. The van der Waals surface area contributed by atoms with Gasteiger partial charge in [-0.25, -0.2) is 0 Å². The van der Waals surface area contributed by atoms with E-state index in [1.165, 1.54) is 0 Å². The molecule has 1 rings (SSSR count). The number of nitrogens with one attached hydrogen (secondary N) is 1. The number of hydroxylamine groups is 2. The molecule has 2 unspecified atom stereocenters. The molecule has 0 aromatic heterocycles. The van der Waals surface area contributed by atoms with Crippen LogP contribution in [0.3, 0.4) is 0 Å². The highest BCUT2D eigenvalue weighted by molar-refractivity contribution is 4.68. The second-order valence-corrected chi connectivity index (χ2v) is 4.87. The predicted molar refractivity (Wildman–Crippen MR) is 62.2 cm³/mol. The van der Waals surface area contributed by atoms with Crippen molar-refractivity contribution in [2.24, 2.45) is 11.7 Å². The van der Waals surface area contributed by atoms with Gasteiger partial charge in [-0.1, -0.05) is 13.8 Å². The number of hydrogen-bond donors (Lipinski definition) is 2. The maximum Gasteiger partial charge on any atom is 0.127 e. The maximum atomic E-state index is 5.92. The van der Waals surface area contributed by atoms with Crippen LogP contribution in [-0.4, -0.2) is 37.0 Å². The fraction of sp³-hybridized carbons (Fsp3) is 1.00. The van der Waals surface area contributed by atoms with Gasteiger partial charge in [0.1, 0.15) is 6.23 Å². The maximum absolute atomic E-state index is 5.92. The van der Waals surface area contributed by atoms with E-state index in [-0.39, 0.29) is 6.23 Å². The molecule has 1 aliphatic rings. The molecule has 0 radical (unpaired) electrons. The summed E-state index contributed by atoms with van der Waals surface area (Å²) >= 11 is 0. The molecule has 4 nitrogen and oxygen atoms in total. The highest BCUT2D eigenvalue weighted by atomic mass is 16.7. The highest BCUT2D eigenvalue weighted by Crippen LogP contribution is 2.08. The second-order valence-electron chi connectivity index (χ2n) is 4.87. The van der Waals surface area contributed by atoms with Crippen LogP contribution in [0.1, 0.15) is 33.6 Å². The zero-order valence-corrected chi connectivity index (χ0v) is 10.2. The summed E-state index contributed by atoms with van der Waals surface area (Å²) in [5.74, 6) is 0.586. The molecule has 1 heterocycles. The number of rotatable bonds is 4. The van der Waals surface area contributed by atoms with Crippen LogP contribution >= 0.6 is 0 Å². The van der Waals surface area contributed by atoms with E-state index in [9.17, 15) is 0 Å². The summed E-state index contributed by atoms with van der Waals surface area (Å²) in [5, 5.41) is 5.44. The molecule has 2 atom stereocenters. The molecule has 4 heteroatoms. The Morgan fingerprint density at radius 2 is 2.27 bits per heavy atom. The number of nitrogens with zero attached hydrogens (tertiary/aromatic N) is 1. The van der Waals surface area contributed by atoms with Crippen molar-refractivity contribution in [1.29, 1.82) is 0 Å². The van der Waals surface area contributed by atoms with E-state index in [1.807, 2.05) is 5.06 Å². The lowest BCUT2D eigenvalue weighted by molar-refractivity contribution is -0.199. The molecule has 0 amide bonds. The predicted octanol–water partition coefficient (Wildman–Crippen LogP) is 0.933. The molecular formula is C11H25N3O. The molecule has 0 aliphatic carbocycles. The summed E-state index contributed by atoms with van der Waals surface area (Å²) in [6.45, 7) is 9.47. The van der Waals surface area contributed by atoms with Crippen molar-refractivity contribution in [2.45, 2.75) is 45.9 Å². The van der Waals surface area contributed by atoms with Gasteiger partial charge < -0.3 is 11.1 Å². The van der Waals surface area contributed by atoms with Crippen LogP contribution in [0.5, 0.6) is 0 Å². The zero-order chi connectivity index (χ0) is 11.3. The minimum absolute atomic E-state index is 0.157. The molecule has 0 aromatic rings. The van der Waals surface area contributed by atoms with Crippen molar-refractivity contribution in [3.05, 3.63) is 0 Å². The highest BCUT2D eigenvalue weighted by Gasteiger charge is 2.17. The first-order chi connectivity index (χ1) is 7.08. The smallest absolute Gasteiger partial charge is 0.127 e. The van der Waals surface area contributed by atoms with Crippen LogP contribution < -0.4 is 11.1 Å². The van der Waals surface area contributed by atoms with Crippen molar-refractivity contribution in [3.63, 3.8) is 0 Å². The topological polar surface area (TPSA) is 50.5 Å². The third kappa shape index (κ3) is 5.47. The average molecular weight is 215 g/mol. The Morgan fingerprint density at radius 1 is 1.53 bits per heavy atom. The van der Waals surface area contributed by atoms with E-state index in [1.54, 1.807) is 0 Å². The summed E-state index contributed by atoms with van der Waals surface area (Å²) in [7, 11) is 0. The summed E-state index contributed by atoms with van der Waals surface area (Å²) in [4.78, 5) is 5.72. The van der Waals surface area contributed by atoms with E-state index in [0.717, 1.165) is 32.5 Å². The van der Waals surface area contributed by atoms with Crippen molar-refractivity contribution in [1.82, 2.24) is 10.4 Å². The van der Waals surface area contributed by atoms with Gasteiger partial charge in [-0.2, -0.15) is 5.06 Å². The first kappa shape index (κ1) is 12.9. The van der Waals surface area contributed by atoms with Gasteiger partial charge in [0.15, 0.2) is 0 Å². The second kappa shape index (κ2) is 6.43. The molecule has 0 aromatic carbocycles. The fourth-order valence-corrected chi connectivity index (χ4v) is 1.86. The largest absolute Gasteiger partial charge is 0.313 e. The summed E-state index contributed by atoms with van der Waals surface area (Å²) < 4.78 is 0. The van der Waals surface area contributed by atoms with Crippen LogP contribution in [0.4, 0.5) is 0 Å². The van der Waals surface area contributed by atoms with Gasteiger partial charge in [0, 0.05) is 19.1 Å². The minimum atomic E-state index is -0.157. The quantitative estimate of drug-likeness (QED) is 0.685. The summed E-state index contributed by atoms with van der Waals surface area (Å²) in [5.41, 5.74) is 5.92. The molecule has 3 N–H and O–H groups in total. The van der Waals surface area contributed by atoms with E-state index in [0.29, 0.717) is 12.0 Å². The molecule has 90 valence electrons. The van der Waals surface area contributed by atoms with Gasteiger partial charge in [0.05, 0.1) is 0 Å². The fourth-order valence-electron chi connectivity index (χ4n) is 1.86. The van der Waals surface area contributed by atoms with Crippen LogP contribution in [0, 0.1) is 5.92 Å². The Balaban J connectivity index is 2.29. The van der Waals surface area contributed by atoms with Crippen LogP contribution in [-0.2, 0) is 4.84 Å². The Hall–Kier alpha value is -0.160. The van der Waals surface area contributed by atoms with E-state index < -0.39 is 0 Å². The summed E-state index contributed by atoms with van der Waals surface area (Å²) in [6, 6.07) is 0.485. The SMILES string of the molecule is CC(C)CC(N)ON1CCCNC(C)C1.